The Morgan fingerprint density at radius 3 is 2.15 bits per heavy atom. The topological polar surface area (TPSA) is 9.23 Å². The molecule has 0 spiro atoms. The summed E-state index contributed by atoms with van der Waals surface area (Å²) < 4.78 is 6.34. The zero-order valence-electron chi connectivity index (χ0n) is 15.3. The molecule has 0 amide bonds. The molecule has 5 rings (SSSR count). The van der Waals surface area contributed by atoms with Gasteiger partial charge < -0.3 is 4.74 Å². The lowest BCUT2D eigenvalue weighted by atomic mass is 10.0. The second kappa shape index (κ2) is 6.44. The van der Waals surface area contributed by atoms with Crippen molar-refractivity contribution in [3.8, 4) is 5.75 Å². The molecule has 0 saturated heterocycles. The average molecular weight is 348 g/mol. The van der Waals surface area contributed by atoms with Crippen molar-refractivity contribution in [1.29, 1.82) is 0 Å². The Bertz CT molecular complexity index is 1280. The van der Waals surface area contributed by atoms with E-state index in [1.54, 1.807) is 0 Å². The van der Waals surface area contributed by atoms with Gasteiger partial charge in [-0.1, -0.05) is 72.8 Å². The quantitative estimate of drug-likeness (QED) is 0.318. The molecule has 0 heterocycles. The molecule has 1 nitrogen and oxygen atoms in total. The number of hydrogen-bond acceptors (Lipinski definition) is 1. The number of rotatable bonds is 3. The summed E-state index contributed by atoms with van der Waals surface area (Å²) in [7, 11) is 0. The normalized spacial score (nSPS) is 11.3. The summed E-state index contributed by atoms with van der Waals surface area (Å²) in [6.45, 7) is 2.72. The van der Waals surface area contributed by atoms with Crippen LogP contribution in [-0.4, -0.2) is 0 Å². The van der Waals surface area contributed by atoms with E-state index < -0.39 is 0 Å². The molecule has 0 fully saturated rings. The maximum Gasteiger partial charge on any atom is 0.127 e. The Morgan fingerprint density at radius 2 is 1.30 bits per heavy atom. The lowest BCUT2D eigenvalue weighted by Crippen LogP contribution is -1.99. The van der Waals surface area contributed by atoms with Crippen LogP contribution in [0.5, 0.6) is 5.75 Å². The first-order valence-electron chi connectivity index (χ1n) is 9.31. The average Bonchev–Trinajstić information content (AvgIpc) is 2.71. The lowest BCUT2D eigenvalue weighted by molar-refractivity contribution is 0.311. The first-order chi connectivity index (χ1) is 13.3. The first kappa shape index (κ1) is 15.9. The van der Waals surface area contributed by atoms with Crippen LogP contribution in [0.15, 0.2) is 91.0 Å². The minimum atomic E-state index is 0.569. The number of benzene rings is 5. The summed E-state index contributed by atoms with van der Waals surface area (Å²) in [5, 5.41) is 7.39. The molecule has 130 valence electrons. The predicted octanol–water partition coefficient (Wildman–Crippen LogP) is 7.03. The van der Waals surface area contributed by atoms with Gasteiger partial charge in [-0.3, -0.25) is 0 Å². The summed E-state index contributed by atoms with van der Waals surface area (Å²) in [5.74, 6) is 0.936. The van der Waals surface area contributed by atoms with Gasteiger partial charge in [0.15, 0.2) is 0 Å². The van der Waals surface area contributed by atoms with Crippen molar-refractivity contribution in [2.75, 3.05) is 0 Å². The Kier molecular flexibility index (Phi) is 3.79. The fourth-order valence-electron chi connectivity index (χ4n) is 3.85. The Morgan fingerprint density at radius 1 is 0.593 bits per heavy atom. The minimum absolute atomic E-state index is 0.569. The van der Waals surface area contributed by atoms with Gasteiger partial charge in [-0.2, -0.15) is 0 Å². The molecule has 0 bridgehead atoms. The van der Waals surface area contributed by atoms with E-state index in [-0.39, 0.29) is 0 Å². The van der Waals surface area contributed by atoms with Crippen LogP contribution in [0.1, 0.15) is 11.1 Å². The Labute approximate surface area is 158 Å². The number of fused-ring (bicyclic) bond motifs is 3. The molecule has 5 aromatic rings. The fourth-order valence-corrected chi connectivity index (χ4v) is 3.85. The van der Waals surface area contributed by atoms with Gasteiger partial charge >= 0.3 is 0 Å². The van der Waals surface area contributed by atoms with Crippen LogP contribution in [-0.2, 0) is 6.61 Å². The third kappa shape index (κ3) is 2.82. The van der Waals surface area contributed by atoms with Crippen LogP contribution in [0, 0.1) is 6.92 Å². The van der Waals surface area contributed by atoms with E-state index in [1.807, 2.05) is 0 Å². The Hall–Kier alpha value is -3.32. The molecule has 0 unspecified atom stereocenters. The SMILES string of the molecule is Cc1ccc2ccccc2c1COc1cccc2cc3ccccc3cc12. The largest absolute Gasteiger partial charge is 0.488 e. The van der Waals surface area contributed by atoms with E-state index in [9.17, 15) is 0 Å². The summed E-state index contributed by atoms with van der Waals surface area (Å²) in [6, 6.07) is 32.1. The van der Waals surface area contributed by atoms with Crippen molar-refractivity contribution in [2.45, 2.75) is 13.5 Å². The van der Waals surface area contributed by atoms with Gasteiger partial charge in [0.05, 0.1) is 0 Å². The molecule has 5 aromatic carbocycles. The maximum atomic E-state index is 6.34. The third-order valence-electron chi connectivity index (χ3n) is 5.35. The van der Waals surface area contributed by atoms with Crippen LogP contribution in [0.3, 0.4) is 0 Å². The summed E-state index contributed by atoms with van der Waals surface area (Å²) in [5.41, 5.74) is 2.52. The van der Waals surface area contributed by atoms with Gasteiger partial charge in [0.1, 0.15) is 12.4 Å². The lowest BCUT2D eigenvalue weighted by Gasteiger charge is -2.14. The highest BCUT2D eigenvalue weighted by atomic mass is 16.5. The highest BCUT2D eigenvalue weighted by molar-refractivity contribution is 6.00. The molecule has 0 N–H and O–H groups in total. The molecule has 0 radical (unpaired) electrons. The Balaban J connectivity index is 1.58. The van der Waals surface area contributed by atoms with Gasteiger partial charge in [-0.15, -0.1) is 0 Å². The van der Waals surface area contributed by atoms with E-state index in [0.717, 1.165) is 11.1 Å². The molecule has 0 aromatic heterocycles. The monoisotopic (exact) mass is 348 g/mol. The number of aryl methyl sites for hydroxylation is 1. The number of hydrogen-bond donors (Lipinski definition) is 0. The van der Waals surface area contributed by atoms with Gasteiger partial charge in [0.25, 0.3) is 0 Å². The van der Waals surface area contributed by atoms with E-state index in [1.165, 1.54) is 38.1 Å². The molecule has 0 aliphatic heterocycles. The third-order valence-corrected chi connectivity index (χ3v) is 5.35. The molecular weight excluding hydrogens is 328 g/mol. The van der Waals surface area contributed by atoms with Gasteiger partial charge in [0, 0.05) is 10.9 Å². The van der Waals surface area contributed by atoms with E-state index >= 15 is 0 Å². The second-order valence-electron chi connectivity index (χ2n) is 7.05. The van der Waals surface area contributed by atoms with Crippen molar-refractivity contribution in [3.63, 3.8) is 0 Å². The summed E-state index contributed by atoms with van der Waals surface area (Å²) in [4.78, 5) is 0. The molecular formula is C26H20O. The van der Waals surface area contributed by atoms with Gasteiger partial charge in [-0.05, 0) is 57.6 Å². The smallest absolute Gasteiger partial charge is 0.127 e. The molecule has 0 aliphatic rings. The van der Waals surface area contributed by atoms with Gasteiger partial charge in [0.2, 0.25) is 0 Å². The second-order valence-corrected chi connectivity index (χ2v) is 7.05. The summed E-state index contributed by atoms with van der Waals surface area (Å²) in [6.07, 6.45) is 0. The van der Waals surface area contributed by atoms with Crippen LogP contribution >= 0.6 is 0 Å². The molecule has 0 saturated carbocycles. The number of ether oxygens (including phenoxy) is 1. The van der Waals surface area contributed by atoms with E-state index in [4.69, 9.17) is 4.74 Å². The molecule has 1 heteroatoms. The van der Waals surface area contributed by atoms with Crippen LogP contribution in [0.2, 0.25) is 0 Å². The fraction of sp³-hybridized carbons (Fsp3) is 0.0769. The first-order valence-corrected chi connectivity index (χ1v) is 9.31. The van der Waals surface area contributed by atoms with Crippen LogP contribution < -0.4 is 4.74 Å². The van der Waals surface area contributed by atoms with Crippen molar-refractivity contribution >= 4 is 32.3 Å². The van der Waals surface area contributed by atoms with Crippen molar-refractivity contribution in [1.82, 2.24) is 0 Å². The van der Waals surface area contributed by atoms with Crippen LogP contribution in [0.4, 0.5) is 0 Å². The van der Waals surface area contributed by atoms with Crippen molar-refractivity contribution in [2.24, 2.45) is 0 Å². The minimum Gasteiger partial charge on any atom is -0.488 e. The zero-order chi connectivity index (χ0) is 18.2. The summed E-state index contributed by atoms with van der Waals surface area (Å²) >= 11 is 0. The highest BCUT2D eigenvalue weighted by Gasteiger charge is 2.08. The standard InChI is InChI=1S/C26H20O/c1-18-13-14-19-7-4-5-11-23(19)25(18)17-27-26-12-6-10-22-15-20-8-2-3-9-21(20)16-24(22)26/h2-16H,17H2,1H3. The molecule has 0 aliphatic carbocycles. The predicted molar refractivity (Wildman–Crippen MR) is 114 cm³/mol. The zero-order valence-corrected chi connectivity index (χ0v) is 15.3. The van der Waals surface area contributed by atoms with Crippen molar-refractivity contribution in [3.05, 3.63) is 102 Å². The highest BCUT2D eigenvalue weighted by Crippen LogP contribution is 2.31. The molecule has 27 heavy (non-hydrogen) atoms. The van der Waals surface area contributed by atoms with E-state index in [2.05, 4.69) is 97.9 Å². The van der Waals surface area contributed by atoms with Crippen molar-refractivity contribution < 1.29 is 4.74 Å². The van der Waals surface area contributed by atoms with Crippen LogP contribution in [0.25, 0.3) is 32.3 Å². The molecule has 0 atom stereocenters. The van der Waals surface area contributed by atoms with Gasteiger partial charge in [-0.25, -0.2) is 0 Å². The van der Waals surface area contributed by atoms with E-state index in [0.29, 0.717) is 6.61 Å². The maximum absolute atomic E-state index is 6.34.